The van der Waals surface area contributed by atoms with Gasteiger partial charge in [0, 0.05) is 18.0 Å². The minimum Gasteiger partial charge on any atom is -0.368 e. The van der Waals surface area contributed by atoms with E-state index in [9.17, 15) is 18.0 Å². The molecule has 5 rings (SSSR count). The van der Waals surface area contributed by atoms with E-state index in [0.29, 0.717) is 17.2 Å². The molecule has 0 aromatic carbocycles. The van der Waals surface area contributed by atoms with Gasteiger partial charge in [0.05, 0.1) is 17.4 Å². The number of nitrogens with one attached hydrogen (secondary N) is 1. The van der Waals surface area contributed by atoms with E-state index in [1.807, 2.05) is 20.8 Å². The lowest BCUT2D eigenvalue weighted by atomic mass is 9.92. The number of aromatic nitrogens is 1. The van der Waals surface area contributed by atoms with Crippen LogP contribution < -0.4 is 4.72 Å². The van der Waals surface area contributed by atoms with Crippen molar-refractivity contribution in [2.45, 2.75) is 76.0 Å². The first-order valence-electron chi connectivity index (χ1n) is 11.4. The molecule has 11 heteroatoms. The highest BCUT2D eigenvalue weighted by Crippen LogP contribution is 2.36. The van der Waals surface area contributed by atoms with Gasteiger partial charge in [0.25, 0.3) is 0 Å². The minimum absolute atomic E-state index is 0.103. The highest BCUT2D eigenvalue weighted by atomic mass is 32.2. The van der Waals surface area contributed by atoms with Crippen molar-refractivity contribution in [3.05, 3.63) is 41.3 Å². The lowest BCUT2D eigenvalue weighted by Gasteiger charge is -2.42. The molecule has 10 nitrogen and oxygen atoms in total. The maximum atomic E-state index is 13.4. The Labute approximate surface area is 198 Å². The molecule has 1 saturated heterocycles. The molecular formula is C23H29N4O6S+. The maximum Gasteiger partial charge on any atom is 0.501 e. The van der Waals surface area contributed by atoms with E-state index in [2.05, 4.69) is 9.88 Å². The molecule has 4 aliphatic rings. The van der Waals surface area contributed by atoms with Crippen LogP contribution in [-0.4, -0.2) is 69.7 Å². The molecule has 2 aliphatic heterocycles. The van der Waals surface area contributed by atoms with Crippen molar-refractivity contribution in [1.82, 2.24) is 14.8 Å². The second-order valence-corrected chi connectivity index (χ2v) is 12.3. The molecule has 2 unspecified atom stereocenters. The molecule has 3 heterocycles. The Hall–Kier alpha value is -2.63. The monoisotopic (exact) mass is 489 g/mol. The molecule has 182 valence electrons. The van der Waals surface area contributed by atoms with Gasteiger partial charge in [-0.2, -0.15) is 9.37 Å². The average molecular weight is 490 g/mol. The van der Waals surface area contributed by atoms with Gasteiger partial charge in [0.1, 0.15) is 23.1 Å². The Morgan fingerprint density at radius 3 is 2.56 bits per heavy atom. The van der Waals surface area contributed by atoms with Gasteiger partial charge in [-0.1, -0.05) is 11.2 Å². The zero-order chi connectivity index (χ0) is 24.5. The average Bonchev–Trinajstić information content (AvgIpc) is 3.30. The van der Waals surface area contributed by atoms with Gasteiger partial charge < -0.3 is 9.26 Å². The van der Waals surface area contributed by atoms with Gasteiger partial charge in [-0.15, -0.1) is 4.90 Å². The van der Waals surface area contributed by atoms with E-state index < -0.39 is 32.8 Å². The predicted octanol–water partition coefficient (Wildman–Crippen LogP) is 1.80. The van der Waals surface area contributed by atoms with Crippen LogP contribution in [-0.2, 0) is 26.1 Å². The van der Waals surface area contributed by atoms with Crippen molar-refractivity contribution in [2.75, 3.05) is 6.54 Å². The summed E-state index contributed by atoms with van der Waals surface area (Å²) in [6.45, 7) is 7.71. The van der Waals surface area contributed by atoms with Gasteiger partial charge in [-0.05, 0) is 52.7 Å². The number of hydrogen-bond donors (Lipinski definition) is 1. The summed E-state index contributed by atoms with van der Waals surface area (Å²) in [5.74, 6) is -0.203. The fourth-order valence-corrected chi connectivity index (χ4v) is 6.26. The van der Waals surface area contributed by atoms with Crippen LogP contribution in [0.15, 0.2) is 34.4 Å². The smallest absolute Gasteiger partial charge is 0.368 e. The Bertz CT molecular complexity index is 1260. The molecule has 3 amide bonds. The van der Waals surface area contributed by atoms with Crippen LogP contribution in [0.5, 0.6) is 0 Å². The van der Waals surface area contributed by atoms with Crippen molar-refractivity contribution in [3.63, 3.8) is 0 Å². The second-order valence-electron chi connectivity index (χ2n) is 10.4. The number of sulfonamides is 1. The molecule has 1 aromatic heterocycles. The second kappa shape index (κ2) is 7.69. The third kappa shape index (κ3) is 4.27. The molecule has 0 spiro atoms. The molecule has 1 N–H and O–H groups in total. The van der Waals surface area contributed by atoms with Crippen LogP contribution >= 0.6 is 0 Å². The highest BCUT2D eigenvalue weighted by Gasteiger charge is 2.50. The van der Waals surface area contributed by atoms with Crippen LogP contribution in [0.4, 0.5) is 4.79 Å². The quantitative estimate of drug-likeness (QED) is 0.580. The van der Waals surface area contributed by atoms with Gasteiger partial charge in [0.15, 0.2) is 12.3 Å². The zero-order valence-corrected chi connectivity index (χ0v) is 20.5. The van der Waals surface area contributed by atoms with E-state index in [-0.39, 0.29) is 30.4 Å². The van der Waals surface area contributed by atoms with Gasteiger partial charge in [-0.3, -0.25) is 0 Å². The molecule has 0 radical (unpaired) electrons. The number of amides is 3. The van der Waals surface area contributed by atoms with E-state index in [1.165, 1.54) is 16.7 Å². The SMILES string of the molecule is Cc1cc(CN2C(=O)C3=CC(S(=O)(=O)NC4(C)CC4)C=CC3=[N+](CC3CC(C)(C)O3)C2=O)on1. The summed E-state index contributed by atoms with van der Waals surface area (Å²) in [6.07, 6.45) is 6.64. The lowest BCUT2D eigenvalue weighted by molar-refractivity contribution is -0.463. The number of carbonyl (C=O) groups excluding carboxylic acids is 2. The first kappa shape index (κ1) is 23.1. The Morgan fingerprint density at radius 2 is 1.97 bits per heavy atom. The first-order chi connectivity index (χ1) is 15.9. The van der Waals surface area contributed by atoms with E-state index in [1.54, 1.807) is 19.1 Å². The fraction of sp³-hybridized carbons (Fsp3) is 0.565. The van der Waals surface area contributed by atoms with Gasteiger partial charge in [0.2, 0.25) is 10.0 Å². The van der Waals surface area contributed by atoms with E-state index >= 15 is 0 Å². The van der Waals surface area contributed by atoms with Crippen LogP contribution in [0.1, 0.15) is 51.5 Å². The first-order valence-corrected chi connectivity index (χ1v) is 12.9. The number of imide groups is 1. The van der Waals surface area contributed by atoms with E-state index in [0.717, 1.165) is 24.2 Å². The van der Waals surface area contributed by atoms with E-state index in [4.69, 9.17) is 9.26 Å². The largest absolute Gasteiger partial charge is 0.501 e. The Balaban J connectivity index is 1.50. The number of fused-ring (bicyclic) bond motifs is 1. The Morgan fingerprint density at radius 1 is 1.26 bits per heavy atom. The molecule has 1 saturated carbocycles. The number of ether oxygens (including phenoxy) is 1. The van der Waals surface area contributed by atoms with Crippen LogP contribution in [0, 0.1) is 6.92 Å². The zero-order valence-electron chi connectivity index (χ0n) is 19.7. The number of rotatable bonds is 7. The molecule has 2 fully saturated rings. The molecular weight excluding hydrogens is 460 g/mol. The summed E-state index contributed by atoms with van der Waals surface area (Å²) in [5.41, 5.74) is 0.502. The van der Waals surface area contributed by atoms with Crippen molar-refractivity contribution in [3.8, 4) is 0 Å². The minimum atomic E-state index is -3.74. The Kier molecular flexibility index (Phi) is 5.23. The van der Waals surface area contributed by atoms with Crippen molar-refractivity contribution in [2.24, 2.45) is 0 Å². The summed E-state index contributed by atoms with van der Waals surface area (Å²) < 4.78 is 41.3. The summed E-state index contributed by atoms with van der Waals surface area (Å²) in [4.78, 5) is 27.9. The van der Waals surface area contributed by atoms with Crippen molar-refractivity contribution >= 4 is 27.7 Å². The topological polar surface area (TPSA) is 122 Å². The highest BCUT2D eigenvalue weighted by molar-refractivity contribution is 7.90. The molecule has 2 atom stereocenters. The van der Waals surface area contributed by atoms with Crippen LogP contribution in [0.2, 0.25) is 0 Å². The van der Waals surface area contributed by atoms with Crippen molar-refractivity contribution < 1.29 is 31.8 Å². The number of aryl methyl sites for hydroxylation is 1. The summed E-state index contributed by atoms with van der Waals surface area (Å²) >= 11 is 0. The maximum absolute atomic E-state index is 13.4. The van der Waals surface area contributed by atoms with Gasteiger partial charge >= 0.3 is 11.9 Å². The summed E-state index contributed by atoms with van der Waals surface area (Å²) in [6, 6.07) is 1.15. The number of urea groups is 1. The summed E-state index contributed by atoms with van der Waals surface area (Å²) in [5, 5.41) is 2.81. The van der Waals surface area contributed by atoms with Gasteiger partial charge in [-0.25, -0.2) is 17.9 Å². The fourth-order valence-electron chi connectivity index (χ4n) is 4.63. The number of carbonyl (C=O) groups is 2. The standard InChI is InChI=1S/C23H29N4O6S/c1-14-9-15(33-24-14)12-27-20(28)18-10-17(34(30,31)25-23(4)7-8-23)5-6-19(18)26(21(27)29)13-16-11-22(2,3)32-16/h5-6,9-10,16-17,25H,7-8,11-13H2,1-4H3/q+1. The summed E-state index contributed by atoms with van der Waals surface area (Å²) in [7, 11) is -3.74. The number of hydrogen-bond acceptors (Lipinski definition) is 7. The normalized spacial score (nSPS) is 27.4. The third-order valence-corrected chi connectivity index (χ3v) is 8.39. The third-order valence-electron chi connectivity index (χ3n) is 6.61. The molecule has 0 bridgehead atoms. The molecule has 34 heavy (non-hydrogen) atoms. The molecule has 2 aliphatic carbocycles. The lowest BCUT2D eigenvalue weighted by Crippen LogP contribution is -2.56. The predicted molar refractivity (Wildman–Crippen MR) is 122 cm³/mol. The van der Waals surface area contributed by atoms with Crippen LogP contribution in [0.25, 0.3) is 0 Å². The number of allylic oxidation sites excluding steroid dienone is 1. The van der Waals surface area contributed by atoms with Crippen molar-refractivity contribution in [1.29, 1.82) is 0 Å². The number of nitrogens with zero attached hydrogens (tertiary/aromatic N) is 3. The molecule has 1 aromatic rings. The van der Waals surface area contributed by atoms with Crippen LogP contribution in [0.3, 0.4) is 0 Å².